The number of aryl methyl sites for hydroxylation is 3. The fourth-order valence-corrected chi connectivity index (χ4v) is 3.30. The van der Waals surface area contributed by atoms with E-state index in [2.05, 4.69) is 52.0 Å². The predicted molar refractivity (Wildman–Crippen MR) is 112 cm³/mol. The van der Waals surface area contributed by atoms with Crippen molar-refractivity contribution >= 4 is 29.9 Å². The summed E-state index contributed by atoms with van der Waals surface area (Å²) in [7, 11) is 0. The highest BCUT2D eigenvalue weighted by Gasteiger charge is 2.21. The molecule has 0 amide bonds. The number of guanidine groups is 1. The van der Waals surface area contributed by atoms with Gasteiger partial charge >= 0.3 is 0 Å². The summed E-state index contributed by atoms with van der Waals surface area (Å²) in [6.07, 6.45) is 2.38. The molecule has 0 aliphatic heterocycles. The summed E-state index contributed by atoms with van der Waals surface area (Å²) < 4.78 is 5.21. The monoisotopic (exact) mass is 454 g/mol. The summed E-state index contributed by atoms with van der Waals surface area (Å²) >= 11 is 0. The number of aromatic nitrogens is 1. The number of aliphatic imine (C=N–C) groups is 1. The van der Waals surface area contributed by atoms with Crippen molar-refractivity contribution in [1.82, 2.24) is 15.8 Å². The van der Waals surface area contributed by atoms with Crippen molar-refractivity contribution in [1.29, 1.82) is 0 Å². The molecule has 1 aliphatic rings. The summed E-state index contributed by atoms with van der Waals surface area (Å²) in [5, 5.41) is 10.8. The largest absolute Gasteiger partial charge is 0.361 e. The van der Waals surface area contributed by atoms with Gasteiger partial charge < -0.3 is 15.2 Å². The summed E-state index contributed by atoms with van der Waals surface area (Å²) in [5.41, 5.74) is 4.95. The second-order valence-corrected chi connectivity index (χ2v) is 6.31. The second kappa shape index (κ2) is 9.22. The standard InChI is InChI=1S/C19H26N4O.HI/c1-4-20-19(22-12-18-13(2)23-24-14(18)3)21-11-16-10-9-15-7-5-6-8-17(15)16;/h5-8,16H,4,9-12H2,1-3H3,(H2,20,21,22);1H. The molecule has 0 saturated heterocycles. The molecule has 136 valence electrons. The van der Waals surface area contributed by atoms with Crippen LogP contribution < -0.4 is 10.6 Å². The lowest BCUT2D eigenvalue weighted by molar-refractivity contribution is 0.392. The maximum Gasteiger partial charge on any atom is 0.191 e. The number of hydrogen-bond acceptors (Lipinski definition) is 3. The Hall–Kier alpha value is -1.57. The zero-order chi connectivity index (χ0) is 16.9. The molecule has 1 aliphatic carbocycles. The average molecular weight is 454 g/mol. The van der Waals surface area contributed by atoms with E-state index in [4.69, 9.17) is 4.52 Å². The van der Waals surface area contributed by atoms with Crippen LogP contribution in [0.1, 0.15) is 47.4 Å². The normalized spacial score (nSPS) is 16.3. The Kier molecular flexibility index (Phi) is 7.28. The van der Waals surface area contributed by atoms with Gasteiger partial charge in [-0.3, -0.25) is 0 Å². The van der Waals surface area contributed by atoms with Gasteiger partial charge in [0.05, 0.1) is 12.2 Å². The van der Waals surface area contributed by atoms with Gasteiger partial charge in [-0.2, -0.15) is 0 Å². The lowest BCUT2D eigenvalue weighted by Crippen LogP contribution is -2.39. The van der Waals surface area contributed by atoms with Crippen molar-refractivity contribution in [3.8, 4) is 0 Å². The minimum atomic E-state index is 0. The van der Waals surface area contributed by atoms with Crippen LogP contribution in [0, 0.1) is 13.8 Å². The molecule has 1 aromatic carbocycles. The molecule has 25 heavy (non-hydrogen) atoms. The Balaban J connectivity index is 0.00000225. The van der Waals surface area contributed by atoms with Gasteiger partial charge in [-0.25, -0.2) is 4.99 Å². The van der Waals surface area contributed by atoms with E-state index in [1.165, 1.54) is 24.0 Å². The highest BCUT2D eigenvalue weighted by atomic mass is 127. The van der Waals surface area contributed by atoms with Crippen molar-refractivity contribution in [2.75, 3.05) is 13.1 Å². The minimum absolute atomic E-state index is 0. The molecule has 0 radical (unpaired) electrons. The molecule has 0 bridgehead atoms. The molecule has 3 rings (SSSR count). The third-order valence-corrected chi connectivity index (χ3v) is 4.69. The summed E-state index contributed by atoms with van der Waals surface area (Å²) in [6.45, 7) is 8.30. The molecule has 1 aromatic heterocycles. The average Bonchev–Trinajstić information content (AvgIpc) is 3.14. The SMILES string of the molecule is CCNC(=NCc1c(C)noc1C)NCC1CCc2ccccc21.I. The van der Waals surface area contributed by atoms with Crippen LogP contribution in [0.5, 0.6) is 0 Å². The topological polar surface area (TPSA) is 62.5 Å². The third kappa shape index (κ3) is 4.74. The van der Waals surface area contributed by atoms with E-state index in [0.717, 1.165) is 36.1 Å². The van der Waals surface area contributed by atoms with Crippen molar-refractivity contribution in [3.63, 3.8) is 0 Å². The number of halogens is 1. The predicted octanol–water partition coefficient (Wildman–Crippen LogP) is 3.69. The number of nitrogens with zero attached hydrogens (tertiary/aromatic N) is 2. The van der Waals surface area contributed by atoms with Crippen molar-refractivity contribution in [2.24, 2.45) is 4.99 Å². The first-order valence-electron chi connectivity index (χ1n) is 8.70. The molecular weight excluding hydrogens is 427 g/mol. The van der Waals surface area contributed by atoms with E-state index in [-0.39, 0.29) is 24.0 Å². The Morgan fingerprint density at radius 3 is 2.80 bits per heavy atom. The lowest BCUT2D eigenvalue weighted by Gasteiger charge is -2.16. The van der Waals surface area contributed by atoms with Crippen molar-refractivity contribution in [3.05, 3.63) is 52.4 Å². The van der Waals surface area contributed by atoms with Crippen LogP contribution in [0.15, 0.2) is 33.8 Å². The van der Waals surface area contributed by atoms with Crippen LogP contribution >= 0.6 is 24.0 Å². The van der Waals surface area contributed by atoms with Gasteiger partial charge in [0.2, 0.25) is 0 Å². The van der Waals surface area contributed by atoms with Crippen LogP contribution in [-0.4, -0.2) is 24.2 Å². The quantitative estimate of drug-likeness (QED) is 0.411. The van der Waals surface area contributed by atoms with Crippen LogP contribution in [0.3, 0.4) is 0 Å². The van der Waals surface area contributed by atoms with Crippen LogP contribution in [0.4, 0.5) is 0 Å². The van der Waals surface area contributed by atoms with Crippen LogP contribution in [0.25, 0.3) is 0 Å². The van der Waals surface area contributed by atoms with Gasteiger partial charge in [-0.15, -0.1) is 24.0 Å². The fraction of sp³-hybridized carbons (Fsp3) is 0.474. The van der Waals surface area contributed by atoms with Crippen LogP contribution in [0.2, 0.25) is 0 Å². The molecule has 2 N–H and O–H groups in total. The zero-order valence-electron chi connectivity index (χ0n) is 15.1. The lowest BCUT2D eigenvalue weighted by atomic mass is 10.0. The molecule has 0 spiro atoms. The highest BCUT2D eigenvalue weighted by molar-refractivity contribution is 14.0. The van der Waals surface area contributed by atoms with E-state index in [1.54, 1.807) is 0 Å². The minimum Gasteiger partial charge on any atom is -0.361 e. The van der Waals surface area contributed by atoms with E-state index in [9.17, 15) is 0 Å². The molecule has 1 atom stereocenters. The van der Waals surface area contributed by atoms with Gasteiger partial charge in [0, 0.05) is 24.6 Å². The Morgan fingerprint density at radius 1 is 1.28 bits per heavy atom. The smallest absolute Gasteiger partial charge is 0.191 e. The number of fused-ring (bicyclic) bond motifs is 1. The molecule has 0 saturated carbocycles. The molecule has 1 unspecified atom stereocenters. The van der Waals surface area contributed by atoms with E-state index in [1.807, 2.05) is 13.8 Å². The maximum absolute atomic E-state index is 5.21. The van der Waals surface area contributed by atoms with E-state index in [0.29, 0.717) is 12.5 Å². The molecule has 1 heterocycles. The molecule has 2 aromatic rings. The molecular formula is C19H27IN4O. The molecule has 5 nitrogen and oxygen atoms in total. The van der Waals surface area contributed by atoms with Crippen molar-refractivity contribution in [2.45, 2.75) is 46.1 Å². The van der Waals surface area contributed by atoms with Gasteiger partial charge in [0.15, 0.2) is 5.96 Å². The van der Waals surface area contributed by atoms with E-state index >= 15 is 0 Å². The number of nitrogens with one attached hydrogen (secondary N) is 2. The number of benzene rings is 1. The Labute approximate surface area is 166 Å². The molecule has 0 fully saturated rings. The summed E-state index contributed by atoms with van der Waals surface area (Å²) in [6, 6.07) is 8.76. The number of hydrogen-bond donors (Lipinski definition) is 2. The fourth-order valence-electron chi connectivity index (χ4n) is 3.30. The van der Waals surface area contributed by atoms with E-state index < -0.39 is 0 Å². The summed E-state index contributed by atoms with van der Waals surface area (Å²) in [4.78, 5) is 4.69. The third-order valence-electron chi connectivity index (χ3n) is 4.69. The van der Waals surface area contributed by atoms with Gasteiger partial charge in [0.1, 0.15) is 5.76 Å². The Bertz CT molecular complexity index is 706. The van der Waals surface area contributed by atoms with Crippen LogP contribution in [-0.2, 0) is 13.0 Å². The first-order valence-corrected chi connectivity index (χ1v) is 8.70. The maximum atomic E-state index is 5.21. The first kappa shape index (κ1) is 19.8. The second-order valence-electron chi connectivity index (χ2n) is 6.31. The molecule has 6 heteroatoms. The van der Waals surface area contributed by atoms with Crippen molar-refractivity contribution < 1.29 is 4.52 Å². The zero-order valence-corrected chi connectivity index (χ0v) is 17.5. The highest BCUT2D eigenvalue weighted by Crippen LogP contribution is 2.32. The number of rotatable bonds is 5. The summed E-state index contributed by atoms with van der Waals surface area (Å²) in [5.74, 6) is 2.25. The van der Waals surface area contributed by atoms with Gasteiger partial charge in [-0.1, -0.05) is 29.4 Å². The van der Waals surface area contributed by atoms with Gasteiger partial charge in [-0.05, 0) is 44.7 Å². The van der Waals surface area contributed by atoms with Gasteiger partial charge in [0.25, 0.3) is 0 Å². The Morgan fingerprint density at radius 2 is 2.08 bits per heavy atom. The first-order chi connectivity index (χ1) is 11.7.